The van der Waals surface area contributed by atoms with Gasteiger partial charge < -0.3 is 24.4 Å². The molecule has 3 aliphatic heterocycles. The number of nitrogens with zero attached hydrogens (tertiary/aromatic N) is 2. The van der Waals surface area contributed by atoms with Crippen LogP contribution in [0.3, 0.4) is 0 Å². The molecular formula is C35H57N3O5. The van der Waals surface area contributed by atoms with E-state index in [1.807, 2.05) is 64.7 Å². The topological polar surface area (TPSA) is 80.3 Å². The van der Waals surface area contributed by atoms with E-state index in [-0.39, 0.29) is 17.5 Å². The highest BCUT2D eigenvalue weighted by Crippen LogP contribution is 2.44. The Balaban J connectivity index is 0.000000514. The predicted octanol–water partition coefficient (Wildman–Crippen LogP) is 7.82. The Kier molecular flexibility index (Phi) is 16.8. The van der Waals surface area contributed by atoms with E-state index in [1.54, 1.807) is 14.2 Å². The van der Waals surface area contributed by atoms with Crippen molar-refractivity contribution in [2.24, 2.45) is 0 Å². The zero-order chi connectivity index (χ0) is 32.6. The number of allylic oxidation sites excluding steroid dienone is 5. The van der Waals surface area contributed by atoms with Gasteiger partial charge in [0.2, 0.25) is 0 Å². The number of rotatable bonds is 8. The van der Waals surface area contributed by atoms with Crippen LogP contribution in [0.1, 0.15) is 99.5 Å². The molecule has 0 aliphatic carbocycles. The first-order valence-electron chi connectivity index (χ1n) is 16.1. The minimum Gasteiger partial charge on any atom is -0.497 e. The van der Waals surface area contributed by atoms with Crippen LogP contribution in [-0.2, 0) is 9.53 Å². The first-order valence-corrected chi connectivity index (χ1v) is 16.1. The lowest BCUT2D eigenvalue weighted by atomic mass is 9.82. The summed E-state index contributed by atoms with van der Waals surface area (Å²) in [4.78, 5) is 27.6. The largest absolute Gasteiger partial charge is 0.497 e. The molecule has 2 saturated heterocycles. The lowest BCUT2D eigenvalue weighted by Gasteiger charge is -2.41. The number of benzene rings is 1. The molecule has 0 unspecified atom stereocenters. The number of piperidine rings is 1. The van der Waals surface area contributed by atoms with Gasteiger partial charge in [0.15, 0.2) is 0 Å². The molecule has 1 aromatic carbocycles. The van der Waals surface area contributed by atoms with E-state index in [1.165, 1.54) is 0 Å². The third-order valence-corrected chi connectivity index (χ3v) is 7.86. The summed E-state index contributed by atoms with van der Waals surface area (Å²) >= 11 is 0. The van der Waals surface area contributed by atoms with Crippen molar-refractivity contribution in [3.63, 3.8) is 0 Å². The number of hydrogen-bond acceptors (Lipinski definition) is 6. The lowest BCUT2D eigenvalue weighted by Crippen LogP contribution is -2.52. The maximum absolute atomic E-state index is 13.1. The van der Waals surface area contributed by atoms with E-state index < -0.39 is 0 Å². The summed E-state index contributed by atoms with van der Waals surface area (Å²) in [5.74, 6) is 3.41. The van der Waals surface area contributed by atoms with Crippen molar-refractivity contribution in [2.75, 3.05) is 40.4 Å². The number of aldehydes is 1. The summed E-state index contributed by atoms with van der Waals surface area (Å²) < 4.78 is 16.3. The average Bonchev–Trinajstić information content (AvgIpc) is 3.27. The monoisotopic (exact) mass is 599 g/mol. The Morgan fingerprint density at radius 1 is 1.05 bits per heavy atom. The van der Waals surface area contributed by atoms with Gasteiger partial charge in [-0.25, -0.2) is 4.79 Å². The van der Waals surface area contributed by atoms with Crippen LogP contribution < -0.4 is 14.8 Å². The minimum atomic E-state index is -0.207. The van der Waals surface area contributed by atoms with Crippen molar-refractivity contribution < 1.29 is 23.8 Å². The van der Waals surface area contributed by atoms with Crippen LogP contribution in [-0.4, -0.2) is 68.1 Å². The number of urea groups is 1. The Morgan fingerprint density at radius 3 is 2.21 bits per heavy atom. The van der Waals surface area contributed by atoms with Crippen LogP contribution in [0, 0.1) is 0 Å². The van der Waals surface area contributed by atoms with Crippen molar-refractivity contribution in [1.82, 2.24) is 15.1 Å². The van der Waals surface area contributed by atoms with E-state index >= 15 is 0 Å². The zero-order valence-electron chi connectivity index (χ0n) is 28.6. The Hall–Kier alpha value is -3.26. The van der Waals surface area contributed by atoms with E-state index in [4.69, 9.17) is 14.2 Å². The molecule has 0 saturated carbocycles. The summed E-state index contributed by atoms with van der Waals surface area (Å²) in [6, 6.07) is 6.06. The van der Waals surface area contributed by atoms with Crippen molar-refractivity contribution in [1.29, 1.82) is 0 Å². The molecule has 1 atom stereocenters. The van der Waals surface area contributed by atoms with Crippen LogP contribution in [0.5, 0.6) is 11.5 Å². The molecule has 3 aliphatic rings. The number of nitrogens with one attached hydrogen (secondary N) is 1. The van der Waals surface area contributed by atoms with Gasteiger partial charge in [-0.15, -0.1) is 0 Å². The van der Waals surface area contributed by atoms with E-state index in [0.717, 1.165) is 91.5 Å². The Labute approximate surface area is 261 Å². The third kappa shape index (κ3) is 8.88. The minimum absolute atomic E-state index is 0.112. The second-order valence-corrected chi connectivity index (χ2v) is 10.0. The SMILES string of the molecule is CC.CC.CCC1=C(C=O)CC=C(C)O1.CCN1C(=O)N(CC)C2(CCNCC2)/C1=C/[C@H](C)c1ccc(OC)cc1OC. The quantitative estimate of drug-likeness (QED) is 0.307. The molecule has 1 N–H and O–H groups in total. The van der Waals surface area contributed by atoms with Gasteiger partial charge in [0.05, 0.1) is 25.5 Å². The molecule has 2 amide bonds. The van der Waals surface area contributed by atoms with Crippen LogP contribution in [0.15, 0.2) is 53.1 Å². The van der Waals surface area contributed by atoms with E-state index in [0.29, 0.717) is 6.54 Å². The fourth-order valence-corrected chi connectivity index (χ4v) is 5.78. The van der Waals surface area contributed by atoms with Crippen molar-refractivity contribution in [3.05, 3.63) is 58.7 Å². The van der Waals surface area contributed by atoms with Crippen LogP contribution in [0.2, 0.25) is 0 Å². The van der Waals surface area contributed by atoms with Gasteiger partial charge in [-0.2, -0.15) is 0 Å². The van der Waals surface area contributed by atoms with Crippen molar-refractivity contribution in [2.45, 2.75) is 99.5 Å². The molecule has 1 aromatic rings. The van der Waals surface area contributed by atoms with Gasteiger partial charge in [-0.3, -0.25) is 9.69 Å². The maximum atomic E-state index is 13.1. The standard InChI is InChI=1S/C22H33N3O3.C9H12O2.2C2H6/c1-6-24-20(22(10-12-23-13-11-22)25(7-2)21(24)26)14-16(3)18-9-8-17(27-4)15-19(18)28-5;1-3-9-8(6-10)5-4-7(2)11-9;2*1-2/h8-9,14-16,23H,6-7,10-13H2,1-5H3;4,6H,3,5H2,1-2H3;2*1-2H3/b20-14-;;;/t16-;;;/m0.../s1. The van der Waals surface area contributed by atoms with Gasteiger partial charge in [0, 0.05) is 54.7 Å². The molecule has 8 heteroatoms. The summed E-state index contributed by atoms with van der Waals surface area (Å²) in [7, 11) is 3.34. The molecule has 1 spiro atoms. The smallest absolute Gasteiger partial charge is 0.325 e. The summed E-state index contributed by atoms with van der Waals surface area (Å²) in [6.45, 7) is 21.5. The first-order chi connectivity index (χ1) is 20.8. The number of hydrogen-bond donors (Lipinski definition) is 1. The third-order valence-electron chi connectivity index (χ3n) is 7.86. The number of amides is 2. The van der Waals surface area contributed by atoms with Crippen molar-refractivity contribution >= 4 is 12.3 Å². The van der Waals surface area contributed by atoms with Crippen LogP contribution >= 0.6 is 0 Å². The molecule has 3 heterocycles. The van der Waals surface area contributed by atoms with Gasteiger partial charge in [0.25, 0.3) is 0 Å². The second kappa shape index (κ2) is 19.1. The number of likely N-dealkylation sites (N-methyl/N-ethyl adjacent to an activating group) is 2. The molecule has 242 valence electrons. The molecule has 43 heavy (non-hydrogen) atoms. The highest BCUT2D eigenvalue weighted by molar-refractivity contribution is 5.82. The summed E-state index contributed by atoms with van der Waals surface area (Å²) in [5.41, 5.74) is 2.81. The molecule has 2 fully saturated rings. The van der Waals surface area contributed by atoms with Gasteiger partial charge in [-0.1, -0.05) is 53.7 Å². The van der Waals surface area contributed by atoms with E-state index in [9.17, 15) is 9.59 Å². The number of carbonyl (C=O) groups excluding carboxylic acids is 2. The highest BCUT2D eigenvalue weighted by Gasteiger charge is 2.52. The molecule has 0 aromatic heterocycles. The Bertz CT molecular complexity index is 1120. The van der Waals surface area contributed by atoms with E-state index in [2.05, 4.69) is 43.1 Å². The fourth-order valence-electron chi connectivity index (χ4n) is 5.78. The second-order valence-electron chi connectivity index (χ2n) is 10.0. The molecule has 0 bridgehead atoms. The average molecular weight is 600 g/mol. The number of methoxy groups -OCH3 is 2. The van der Waals surface area contributed by atoms with Crippen LogP contribution in [0.25, 0.3) is 0 Å². The fraction of sp³-hybridized carbons (Fsp3) is 0.600. The normalized spacial score (nSPS) is 18.7. The maximum Gasteiger partial charge on any atom is 0.325 e. The first kappa shape index (κ1) is 37.8. The van der Waals surface area contributed by atoms with Gasteiger partial charge >= 0.3 is 6.03 Å². The molecular weight excluding hydrogens is 542 g/mol. The lowest BCUT2D eigenvalue weighted by molar-refractivity contribution is -0.105. The number of carbonyl (C=O) groups is 2. The van der Waals surface area contributed by atoms with Gasteiger partial charge in [0.1, 0.15) is 23.5 Å². The van der Waals surface area contributed by atoms with Crippen molar-refractivity contribution in [3.8, 4) is 11.5 Å². The summed E-state index contributed by atoms with van der Waals surface area (Å²) in [5, 5.41) is 3.45. The summed E-state index contributed by atoms with van der Waals surface area (Å²) in [6.07, 6.45) is 8.47. The molecule has 0 radical (unpaired) electrons. The zero-order valence-corrected chi connectivity index (χ0v) is 28.6. The van der Waals surface area contributed by atoms with Gasteiger partial charge in [-0.05, 0) is 58.8 Å². The molecule has 4 rings (SSSR count). The highest BCUT2D eigenvalue weighted by atomic mass is 16.5. The molecule has 8 nitrogen and oxygen atoms in total. The Morgan fingerprint density at radius 2 is 1.70 bits per heavy atom. The van der Waals surface area contributed by atoms with Crippen LogP contribution in [0.4, 0.5) is 4.79 Å². The number of ether oxygens (including phenoxy) is 3. The predicted molar refractivity (Wildman–Crippen MR) is 177 cm³/mol.